The molecule has 1 aromatic rings. The van der Waals surface area contributed by atoms with Gasteiger partial charge in [-0.1, -0.05) is 6.92 Å². The summed E-state index contributed by atoms with van der Waals surface area (Å²) in [7, 11) is 1.57. The molecule has 0 spiro atoms. The predicted molar refractivity (Wildman–Crippen MR) is 63.5 cm³/mol. The predicted octanol–water partition coefficient (Wildman–Crippen LogP) is 1.81. The highest BCUT2D eigenvalue weighted by Crippen LogP contribution is 2.37. The minimum absolute atomic E-state index is 0.200. The molecule has 16 heavy (non-hydrogen) atoms. The van der Waals surface area contributed by atoms with Gasteiger partial charge in [-0.2, -0.15) is 9.97 Å². The van der Waals surface area contributed by atoms with Crippen molar-refractivity contribution in [1.29, 1.82) is 0 Å². The van der Waals surface area contributed by atoms with Gasteiger partial charge in [0.2, 0.25) is 11.8 Å². The van der Waals surface area contributed by atoms with E-state index in [0.717, 1.165) is 12.2 Å². The van der Waals surface area contributed by atoms with Gasteiger partial charge in [-0.05, 0) is 25.7 Å². The molecule has 1 aromatic heterocycles. The van der Waals surface area contributed by atoms with E-state index >= 15 is 0 Å². The molecule has 0 saturated heterocycles. The third-order valence-electron chi connectivity index (χ3n) is 3.31. The van der Waals surface area contributed by atoms with Crippen molar-refractivity contribution in [2.75, 3.05) is 18.2 Å². The summed E-state index contributed by atoms with van der Waals surface area (Å²) in [6.45, 7) is 2.19. The zero-order valence-corrected chi connectivity index (χ0v) is 9.79. The number of nitrogen functional groups attached to an aromatic ring is 1. The minimum atomic E-state index is 0.200. The van der Waals surface area contributed by atoms with Crippen molar-refractivity contribution in [2.45, 2.75) is 38.1 Å². The van der Waals surface area contributed by atoms with Crippen molar-refractivity contribution in [3.63, 3.8) is 0 Å². The third-order valence-corrected chi connectivity index (χ3v) is 3.31. The molecular formula is C11H18N4O. The van der Waals surface area contributed by atoms with Crippen LogP contribution in [0.25, 0.3) is 0 Å². The molecule has 0 aromatic carbocycles. The molecule has 0 radical (unpaired) electrons. The first-order valence-corrected chi connectivity index (χ1v) is 5.64. The number of nitrogens with zero attached hydrogens (tertiary/aromatic N) is 2. The molecule has 88 valence electrons. The van der Waals surface area contributed by atoms with Crippen molar-refractivity contribution < 1.29 is 4.74 Å². The Labute approximate surface area is 95.4 Å². The Morgan fingerprint density at radius 3 is 2.75 bits per heavy atom. The van der Waals surface area contributed by atoms with E-state index in [1.165, 1.54) is 19.3 Å². The standard InChI is InChI=1S/C11H18N4O/c1-3-11(5-4-6-11)15-8-7-9(16-2)14-10(12)13-8/h7H,3-6H2,1-2H3,(H3,12,13,14,15). The van der Waals surface area contributed by atoms with E-state index in [2.05, 4.69) is 22.2 Å². The number of hydrogen-bond donors (Lipinski definition) is 2. The first-order valence-electron chi connectivity index (χ1n) is 5.64. The fourth-order valence-electron chi connectivity index (χ4n) is 2.05. The minimum Gasteiger partial charge on any atom is -0.481 e. The number of hydrogen-bond acceptors (Lipinski definition) is 5. The molecule has 0 atom stereocenters. The second kappa shape index (κ2) is 4.15. The molecule has 3 N–H and O–H groups in total. The lowest BCUT2D eigenvalue weighted by Gasteiger charge is -2.42. The van der Waals surface area contributed by atoms with Crippen molar-refractivity contribution in [3.8, 4) is 5.88 Å². The van der Waals surface area contributed by atoms with Crippen molar-refractivity contribution in [3.05, 3.63) is 6.07 Å². The van der Waals surface area contributed by atoms with Gasteiger partial charge in [0.05, 0.1) is 7.11 Å². The molecule has 1 aliphatic rings. The van der Waals surface area contributed by atoms with Crippen LogP contribution in [0.3, 0.4) is 0 Å². The van der Waals surface area contributed by atoms with Gasteiger partial charge in [0.15, 0.2) is 0 Å². The van der Waals surface area contributed by atoms with Crippen LogP contribution >= 0.6 is 0 Å². The van der Waals surface area contributed by atoms with Crippen LogP contribution < -0.4 is 15.8 Å². The number of rotatable bonds is 4. The highest BCUT2D eigenvalue weighted by Gasteiger charge is 2.35. The van der Waals surface area contributed by atoms with Crippen LogP contribution in [0.2, 0.25) is 0 Å². The lowest BCUT2D eigenvalue weighted by molar-refractivity contribution is 0.268. The second-order valence-corrected chi connectivity index (χ2v) is 4.27. The van der Waals surface area contributed by atoms with Gasteiger partial charge in [-0.3, -0.25) is 0 Å². The fraction of sp³-hybridized carbons (Fsp3) is 0.636. The van der Waals surface area contributed by atoms with Crippen molar-refractivity contribution >= 4 is 11.8 Å². The lowest BCUT2D eigenvalue weighted by atomic mass is 9.75. The maximum Gasteiger partial charge on any atom is 0.225 e. The first-order chi connectivity index (χ1) is 7.67. The molecule has 5 nitrogen and oxygen atoms in total. The topological polar surface area (TPSA) is 73.1 Å². The Bertz CT molecular complexity index is 371. The Morgan fingerprint density at radius 1 is 1.50 bits per heavy atom. The van der Waals surface area contributed by atoms with Crippen LogP contribution in [0.15, 0.2) is 6.07 Å². The fourth-order valence-corrected chi connectivity index (χ4v) is 2.05. The maximum atomic E-state index is 5.61. The van der Waals surface area contributed by atoms with E-state index in [1.807, 2.05) is 0 Å². The van der Waals surface area contributed by atoms with Gasteiger partial charge in [-0.15, -0.1) is 0 Å². The van der Waals surface area contributed by atoms with Crippen molar-refractivity contribution in [2.24, 2.45) is 0 Å². The summed E-state index contributed by atoms with van der Waals surface area (Å²) in [5.74, 6) is 1.50. The van der Waals surface area contributed by atoms with Crippen LogP contribution in [-0.2, 0) is 0 Å². The van der Waals surface area contributed by atoms with Crippen LogP contribution in [0.4, 0.5) is 11.8 Å². The molecular weight excluding hydrogens is 204 g/mol. The van der Waals surface area contributed by atoms with Crippen LogP contribution in [-0.4, -0.2) is 22.6 Å². The Morgan fingerprint density at radius 2 is 2.25 bits per heavy atom. The zero-order chi connectivity index (χ0) is 11.6. The summed E-state index contributed by atoms with van der Waals surface area (Å²) < 4.78 is 5.06. The number of anilines is 2. The molecule has 0 bridgehead atoms. The maximum absolute atomic E-state index is 5.61. The molecule has 1 heterocycles. The average Bonchev–Trinajstić information content (AvgIpc) is 2.22. The quantitative estimate of drug-likeness (QED) is 0.812. The van der Waals surface area contributed by atoms with Gasteiger partial charge in [0.25, 0.3) is 0 Å². The highest BCUT2D eigenvalue weighted by atomic mass is 16.5. The molecule has 1 fully saturated rings. The molecule has 1 saturated carbocycles. The third kappa shape index (κ3) is 2.03. The second-order valence-electron chi connectivity index (χ2n) is 4.27. The van der Waals surface area contributed by atoms with Crippen LogP contribution in [0.1, 0.15) is 32.6 Å². The molecule has 0 amide bonds. The van der Waals surface area contributed by atoms with Gasteiger partial charge in [-0.25, -0.2) is 0 Å². The smallest absolute Gasteiger partial charge is 0.225 e. The summed E-state index contributed by atoms with van der Waals surface area (Å²) in [4.78, 5) is 8.13. The average molecular weight is 222 g/mol. The summed E-state index contributed by atoms with van der Waals surface area (Å²) in [6.07, 6.45) is 4.75. The normalized spacial score (nSPS) is 17.6. The Hall–Kier alpha value is -1.52. The van der Waals surface area contributed by atoms with E-state index in [-0.39, 0.29) is 11.5 Å². The summed E-state index contributed by atoms with van der Waals surface area (Å²) in [6, 6.07) is 1.78. The Balaban J connectivity index is 2.17. The van der Waals surface area contributed by atoms with E-state index in [4.69, 9.17) is 10.5 Å². The van der Waals surface area contributed by atoms with Gasteiger partial charge in [0, 0.05) is 11.6 Å². The van der Waals surface area contributed by atoms with Crippen LogP contribution in [0, 0.1) is 0 Å². The Kier molecular flexibility index (Phi) is 2.85. The summed E-state index contributed by atoms with van der Waals surface area (Å²) >= 11 is 0. The molecule has 5 heteroatoms. The number of aromatic nitrogens is 2. The van der Waals surface area contributed by atoms with Crippen LogP contribution in [0.5, 0.6) is 5.88 Å². The zero-order valence-electron chi connectivity index (χ0n) is 9.79. The van der Waals surface area contributed by atoms with E-state index in [1.54, 1.807) is 13.2 Å². The molecule has 0 unspecified atom stereocenters. The van der Waals surface area contributed by atoms with E-state index < -0.39 is 0 Å². The number of methoxy groups -OCH3 is 1. The van der Waals surface area contributed by atoms with Gasteiger partial charge >= 0.3 is 0 Å². The monoisotopic (exact) mass is 222 g/mol. The van der Waals surface area contributed by atoms with E-state index in [0.29, 0.717) is 5.88 Å². The summed E-state index contributed by atoms with van der Waals surface area (Å²) in [5.41, 5.74) is 5.81. The first kappa shape index (κ1) is 11.0. The molecule has 0 aliphatic heterocycles. The van der Waals surface area contributed by atoms with E-state index in [9.17, 15) is 0 Å². The van der Waals surface area contributed by atoms with Gasteiger partial charge < -0.3 is 15.8 Å². The SMILES string of the molecule is CCC1(Nc2cc(OC)nc(N)n2)CCC1. The largest absolute Gasteiger partial charge is 0.481 e. The molecule has 1 aliphatic carbocycles. The lowest BCUT2D eigenvalue weighted by Crippen LogP contribution is -2.44. The highest BCUT2D eigenvalue weighted by molar-refractivity contribution is 5.45. The number of nitrogens with one attached hydrogen (secondary N) is 1. The summed E-state index contributed by atoms with van der Waals surface area (Å²) in [5, 5.41) is 3.45. The number of ether oxygens (including phenoxy) is 1. The molecule has 2 rings (SSSR count). The number of nitrogens with two attached hydrogens (primary N) is 1. The van der Waals surface area contributed by atoms with Crippen molar-refractivity contribution in [1.82, 2.24) is 9.97 Å². The van der Waals surface area contributed by atoms with Gasteiger partial charge in [0.1, 0.15) is 5.82 Å².